The molecule has 1 unspecified atom stereocenters. The fourth-order valence-corrected chi connectivity index (χ4v) is 2.85. The van der Waals surface area contributed by atoms with E-state index in [1.165, 1.54) is 19.3 Å². The molecule has 0 aromatic heterocycles. The Morgan fingerprint density at radius 3 is 2.82 bits per heavy atom. The number of nitrogens with two attached hydrogens (primary N) is 1. The summed E-state index contributed by atoms with van der Waals surface area (Å²) in [6, 6.07) is 6.47. The Balaban J connectivity index is 2.09. The molecule has 1 aromatic carbocycles. The fourth-order valence-electron chi connectivity index (χ4n) is 2.65. The summed E-state index contributed by atoms with van der Waals surface area (Å²) >= 11 is 5.97. The van der Waals surface area contributed by atoms with E-state index in [1.54, 1.807) is 0 Å². The van der Waals surface area contributed by atoms with E-state index in [0.29, 0.717) is 18.0 Å². The highest BCUT2D eigenvalue weighted by Crippen LogP contribution is 2.38. The maximum atomic E-state index is 5.97. The number of nitrogens with one attached hydrogen (secondary N) is 1. The van der Waals surface area contributed by atoms with Gasteiger partial charge in [-0.1, -0.05) is 25.4 Å². The second-order valence-corrected chi connectivity index (χ2v) is 6.19. The minimum Gasteiger partial charge on any atom is -0.382 e. The van der Waals surface area contributed by atoms with Crippen LogP contribution in [-0.4, -0.2) is 6.04 Å². The predicted octanol–water partition coefficient (Wildman–Crippen LogP) is 3.79. The molecular formula is C14H21ClN2. The second-order valence-electron chi connectivity index (χ2n) is 5.75. The molecular weight excluding hydrogens is 232 g/mol. The quantitative estimate of drug-likeness (QED) is 0.859. The Kier molecular flexibility index (Phi) is 3.64. The van der Waals surface area contributed by atoms with Gasteiger partial charge in [-0.15, -0.1) is 0 Å². The zero-order valence-electron chi connectivity index (χ0n) is 10.6. The summed E-state index contributed by atoms with van der Waals surface area (Å²) in [6.07, 6.45) is 3.75. The van der Waals surface area contributed by atoms with Crippen molar-refractivity contribution in [3.8, 4) is 0 Å². The fraction of sp³-hybridized carbons (Fsp3) is 0.571. The van der Waals surface area contributed by atoms with Crippen LogP contribution in [-0.2, 0) is 6.54 Å². The first-order chi connectivity index (χ1) is 8.00. The maximum Gasteiger partial charge on any atom is 0.0410 e. The lowest BCUT2D eigenvalue weighted by Crippen LogP contribution is -2.19. The molecule has 0 spiro atoms. The molecule has 3 N–H and O–H groups in total. The van der Waals surface area contributed by atoms with Gasteiger partial charge in [0.25, 0.3) is 0 Å². The zero-order valence-corrected chi connectivity index (χ0v) is 11.3. The Hall–Kier alpha value is -0.730. The largest absolute Gasteiger partial charge is 0.382 e. The minimum atomic E-state index is 0.465. The van der Waals surface area contributed by atoms with Gasteiger partial charge in [-0.25, -0.2) is 0 Å². The molecule has 3 heteroatoms. The summed E-state index contributed by atoms with van der Waals surface area (Å²) in [7, 11) is 0. The molecule has 94 valence electrons. The number of hydrogen-bond donors (Lipinski definition) is 2. The molecule has 0 aliphatic heterocycles. The lowest BCUT2D eigenvalue weighted by atomic mass is 9.92. The summed E-state index contributed by atoms with van der Waals surface area (Å²) < 4.78 is 0. The van der Waals surface area contributed by atoms with E-state index < -0.39 is 0 Å². The Morgan fingerprint density at radius 1 is 1.47 bits per heavy atom. The van der Waals surface area contributed by atoms with E-state index >= 15 is 0 Å². The van der Waals surface area contributed by atoms with Crippen LogP contribution in [0, 0.1) is 5.41 Å². The molecule has 1 atom stereocenters. The minimum absolute atomic E-state index is 0.465. The first-order valence-electron chi connectivity index (χ1n) is 6.25. The summed E-state index contributed by atoms with van der Waals surface area (Å²) in [5.74, 6) is 0. The average Bonchev–Trinajstić information content (AvgIpc) is 2.61. The highest BCUT2D eigenvalue weighted by Gasteiger charge is 2.30. The third-order valence-corrected chi connectivity index (χ3v) is 3.85. The molecule has 1 aromatic rings. The number of rotatable bonds is 3. The van der Waals surface area contributed by atoms with Crippen molar-refractivity contribution in [2.45, 2.75) is 45.7 Å². The number of halogens is 1. The van der Waals surface area contributed by atoms with Gasteiger partial charge in [0.05, 0.1) is 0 Å². The van der Waals surface area contributed by atoms with E-state index in [4.69, 9.17) is 17.3 Å². The van der Waals surface area contributed by atoms with Crippen LogP contribution in [0.3, 0.4) is 0 Å². The van der Waals surface area contributed by atoms with Crippen LogP contribution in [0.2, 0.25) is 5.02 Å². The molecule has 17 heavy (non-hydrogen) atoms. The van der Waals surface area contributed by atoms with Crippen molar-refractivity contribution in [2.24, 2.45) is 11.1 Å². The summed E-state index contributed by atoms with van der Waals surface area (Å²) in [5.41, 5.74) is 8.45. The molecule has 0 heterocycles. The molecule has 0 radical (unpaired) electrons. The van der Waals surface area contributed by atoms with Crippen molar-refractivity contribution in [1.29, 1.82) is 0 Å². The molecule has 0 amide bonds. The lowest BCUT2D eigenvalue weighted by Gasteiger charge is -2.20. The second kappa shape index (κ2) is 4.87. The molecule has 1 saturated carbocycles. The summed E-state index contributed by atoms with van der Waals surface area (Å²) in [6.45, 7) is 5.19. The van der Waals surface area contributed by atoms with E-state index in [0.717, 1.165) is 16.3 Å². The Labute approximate surface area is 109 Å². The topological polar surface area (TPSA) is 38.0 Å². The summed E-state index contributed by atoms with van der Waals surface area (Å²) in [4.78, 5) is 0. The third kappa shape index (κ3) is 3.14. The Bertz CT molecular complexity index is 401. The number of hydrogen-bond acceptors (Lipinski definition) is 2. The molecule has 2 nitrogen and oxygen atoms in total. The molecule has 0 saturated heterocycles. The van der Waals surface area contributed by atoms with E-state index in [9.17, 15) is 0 Å². The van der Waals surface area contributed by atoms with Gasteiger partial charge in [0.15, 0.2) is 0 Å². The van der Waals surface area contributed by atoms with Crippen LogP contribution in [0.1, 0.15) is 38.7 Å². The lowest BCUT2D eigenvalue weighted by molar-refractivity contribution is 0.378. The van der Waals surface area contributed by atoms with Gasteiger partial charge in [-0.3, -0.25) is 0 Å². The molecule has 2 rings (SSSR count). The van der Waals surface area contributed by atoms with E-state index in [2.05, 4.69) is 19.2 Å². The van der Waals surface area contributed by atoms with Gasteiger partial charge in [0.2, 0.25) is 0 Å². The molecule has 1 aliphatic carbocycles. The van der Waals surface area contributed by atoms with Gasteiger partial charge < -0.3 is 11.1 Å². The Morgan fingerprint density at radius 2 is 2.24 bits per heavy atom. The van der Waals surface area contributed by atoms with Crippen molar-refractivity contribution < 1.29 is 0 Å². The number of anilines is 1. The van der Waals surface area contributed by atoms with Crippen LogP contribution in [0.4, 0.5) is 5.69 Å². The van der Waals surface area contributed by atoms with Gasteiger partial charge in [0, 0.05) is 23.3 Å². The SMILES string of the molecule is CC1(C)CCC(Nc2ccc(Cl)cc2CN)C1. The highest BCUT2D eigenvalue weighted by molar-refractivity contribution is 6.30. The van der Waals surface area contributed by atoms with Gasteiger partial charge >= 0.3 is 0 Å². The summed E-state index contributed by atoms with van der Waals surface area (Å²) in [5, 5.41) is 4.36. The molecule has 1 fully saturated rings. The number of benzene rings is 1. The average molecular weight is 253 g/mol. The van der Waals surface area contributed by atoms with Crippen molar-refractivity contribution in [1.82, 2.24) is 0 Å². The standard InChI is InChI=1S/C14H21ClN2/c1-14(2)6-5-12(8-14)17-13-4-3-11(15)7-10(13)9-16/h3-4,7,12,17H,5-6,8-9,16H2,1-2H3. The first-order valence-corrected chi connectivity index (χ1v) is 6.63. The third-order valence-electron chi connectivity index (χ3n) is 3.62. The molecule has 0 bridgehead atoms. The van der Waals surface area contributed by atoms with Crippen molar-refractivity contribution in [2.75, 3.05) is 5.32 Å². The monoisotopic (exact) mass is 252 g/mol. The van der Waals surface area contributed by atoms with Crippen LogP contribution in [0.25, 0.3) is 0 Å². The van der Waals surface area contributed by atoms with Crippen LogP contribution >= 0.6 is 11.6 Å². The zero-order chi connectivity index (χ0) is 12.5. The van der Waals surface area contributed by atoms with Crippen LogP contribution in [0.15, 0.2) is 18.2 Å². The maximum absolute atomic E-state index is 5.97. The van der Waals surface area contributed by atoms with Crippen molar-refractivity contribution in [3.05, 3.63) is 28.8 Å². The highest BCUT2D eigenvalue weighted by atomic mass is 35.5. The van der Waals surface area contributed by atoms with Crippen molar-refractivity contribution >= 4 is 17.3 Å². The smallest absolute Gasteiger partial charge is 0.0410 e. The first kappa shape index (κ1) is 12.7. The van der Waals surface area contributed by atoms with Gasteiger partial charge in [0.1, 0.15) is 0 Å². The van der Waals surface area contributed by atoms with Gasteiger partial charge in [-0.05, 0) is 48.4 Å². The van der Waals surface area contributed by atoms with Gasteiger partial charge in [-0.2, -0.15) is 0 Å². The van der Waals surface area contributed by atoms with Crippen LogP contribution in [0.5, 0.6) is 0 Å². The van der Waals surface area contributed by atoms with Crippen LogP contribution < -0.4 is 11.1 Å². The van der Waals surface area contributed by atoms with Crippen molar-refractivity contribution in [3.63, 3.8) is 0 Å². The normalized spacial score (nSPS) is 22.7. The van der Waals surface area contributed by atoms with E-state index in [-0.39, 0.29) is 0 Å². The van der Waals surface area contributed by atoms with E-state index in [1.807, 2.05) is 18.2 Å². The predicted molar refractivity (Wildman–Crippen MR) is 74.4 cm³/mol. The molecule has 1 aliphatic rings.